The number of hydrogen-bond donors (Lipinski definition) is 1. The number of pyridine rings is 1. The van der Waals surface area contributed by atoms with Gasteiger partial charge in [-0.1, -0.05) is 0 Å². The van der Waals surface area contributed by atoms with Gasteiger partial charge < -0.3 is 19.4 Å². The Morgan fingerprint density at radius 3 is 2.95 bits per heavy atom. The van der Waals surface area contributed by atoms with Crippen molar-refractivity contribution in [3.05, 3.63) is 24.0 Å². The first-order valence-electron chi connectivity index (χ1n) is 6.44. The standard InChI is InChI=1S/C14H19N3O3/c1-17-9-11(14(18)20-3)10-5-7-16-13(12(10)17)15-6-4-8-19-2/h5,7,9H,4,6,8H2,1-3H3,(H,15,16). The van der Waals surface area contributed by atoms with E-state index in [1.165, 1.54) is 7.11 Å². The Balaban J connectivity index is 2.32. The molecular weight excluding hydrogens is 258 g/mol. The number of ether oxygens (including phenoxy) is 2. The van der Waals surface area contributed by atoms with Crippen LogP contribution >= 0.6 is 0 Å². The van der Waals surface area contributed by atoms with E-state index in [1.807, 2.05) is 17.7 Å². The first-order valence-corrected chi connectivity index (χ1v) is 6.44. The second-order valence-electron chi connectivity index (χ2n) is 4.47. The quantitative estimate of drug-likeness (QED) is 0.644. The Morgan fingerprint density at radius 2 is 2.25 bits per heavy atom. The number of rotatable bonds is 6. The SMILES string of the molecule is COCCCNc1nccc2c(C(=O)OC)cn(C)c12. The van der Waals surface area contributed by atoms with Crippen LogP contribution in [0.2, 0.25) is 0 Å². The molecule has 0 aliphatic carbocycles. The highest BCUT2D eigenvalue weighted by molar-refractivity contribution is 6.06. The second kappa shape index (κ2) is 6.38. The van der Waals surface area contributed by atoms with Gasteiger partial charge in [0.25, 0.3) is 0 Å². The number of nitrogens with zero attached hydrogens (tertiary/aromatic N) is 2. The van der Waals surface area contributed by atoms with Crippen molar-refractivity contribution in [1.82, 2.24) is 9.55 Å². The van der Waals surface area contributed by atoms with E-state index in [-0.39, 0.29) is 5.97 Å². The van der Waals surface area contributed by atoms with Gasteiger partial charge in [0, 0.05) is 45.1 Å². The third-order valence-electron chi connectivity index (χ3n) is 3.11. The lowest BCUT2D eigenvalue weighted by atomic mass is 10.2. The Kier molecular flexibility index (Phi) is 4.57. The zero-order chi connectivity index (χ0) is 14.5. The monoisotopic (exact) mass is 277 g/mol. The van der Waals surface area contributed by atoms with Crippen LogP contribution in [0.1, 0.15) is 16.8 Å². The van der Waals surface area contributed by atoms with E-state index < -0.39 is 0 Å². The molecule has 0 fully saturated rings. The molecule has 0 aliphatic rings. The molecule has 1 N–H and O–H groups in total. The molecule has 6 heteroatoms. The Hall–Kier alpha value is -2.08. The molecule has 0 atom stereocenters. The van der Waals surface area contributed by atoms with Gasteiger partial charge in [0.15, 0.2) is 5.82 Å². The molecule has 0 saturated carbocycles. The minimum Gasteiger partial charge on any atom is -0.465 e. The molecule has 0 radical (unpaired) electrons. The van der Waals surface area contributed by atoms with E-state index in [0.29, 0.717) is 12.2 Å². The van der Waals surface area contributed by atoms with E-state index in [2.05, 4.69) is 10.3 Å². The summed E-state index contributed by atoms with van der Waals surface area (Å²) in [5.41, 5.74) is 1.44. The smallest absolute Gasteiger partial charge is 0.340 e. The molecule has 20 heavy (non-hydrogen) atoms. The molecule has 0 spiro atoms. The number of fused-ring (bicyclic) bond motifs is 1. The van der Waals surface area contributed by atoms with Crippen LogP contribution in [0.15, 0.2) is 18.5 Å². The molecule has 2 aromatic rings. The van der Waals surface area contributed by atoms with Gasteiger partial charge in [0.05, 0.1) is 18.2 Å². The highest BCUT2D eigenvalue weighted by Gasteiger charge is 2.16. The molecule has 2 rings (SSSR count). The van der Waals surface area contributed by atoms with Crippen LogP contribution in [0, 0.1) is 0 Å². The molecule has 0 amide bonds. The normalized spacial score (nSPS) is 10.8. The Morgan fingerprint density at radius 1 is 1.45 bits per heavy atom. The van der Waals surface area contributed by atoms with Crippen molar-refractivity contribution in [3.63, 3.8) is 0 Å². The summed E-state index contributed by atoms with van der Waals surface area (Å²) in [6.07, 6.45) is 4.34. The summed E-state index contributed by atoms with van der Waals surface area (Å²) in [5.74, 6) is 0.420. The number of methoxy groups -OCH3 is 2. The molecule has 0 aromatic carbocycles. The zero-order valence-corrected chi connectivity index (χ0v) is 12.0. The fourth-order valence-corrected chi connectivity index (χ4v) is 2.18. The summed E-state index contributed by atoms with van der Waals surface area (Å²) in [7, 11) is 4.95. The van der Waals surface area contributed by atoms with Gasteiger partial charge in [0.1, 0.15) is 0 Å². The van der Waals surface area contributed by atoms with Crippen LogP contribution in [-0.2, 0) is 16.5 Å². The minimum absolute atomic E-state index is 0.341. The number of hydrogen-bond acceptors (Lipinski definition) is 5. The summed E-state index contributed by atoms with van der Waals surface area (Å²) >= 11 is 0. The summed E-state index contributed by atoms with van der Waals surface area (Å²) in [6, 6.07) is 1.82. The third-order valence-corrected chi connectivity index (χ3v) is 3.11. The summed E-state index contributed by atoms with van der Waals surface area (Å²) in [4.78, 5) is 16.1. The van der Waals surface area contributed by atoms with Crippen molar-refractivity contribution < 1.29 is 14.3 Å². The lowest BCUT2D eigenvalue weighted by molar-refractivity contribution is 0.0603. The van der Waals surface area contributed by atoms with Gasteiger partial charge in [-0.2, -0.15) is 0 Å². The topological polar surface area (TPSA) is 65.4 Å². The van der Waals surface area contributed by atoms with Crippen molar-refractivity contribution in [3.8, 4) is 0 Å². The minimum atomic E-state index is -0.341. The number of anilines is 1. The average molecular weight is 277 g/mol. The van der Waals surface area contributed by atoms with Gasteiger partial charge in [-0.05, 0) is 12.5 Å². The lowest BCUT2D eigenvalue weighted by Gasteiger charge is -2.08. The van der Waals surface area contributed by atoms with Crippen molar-refractivity contribution in [1.29, 1.82) is 0 Å². The largest absolute Gasteiger partial charge is 0.465 e. The first-order chi connectivity index (χ1) is 9.69. The maximum absolute atomic E-state index is 11.8. The van der Waals surface area contributed by atoms with E-state index in [0.717, 1.165) is 29.7 Å². The lowest BCUT2D eigenvalue weighted by Crippen LogP contribution is -2.07. The maximum atomic E-state index is 11.8. The number of carbonyl (C=O) groups excluding carboxylic acids is 1. The molecular formula is C14H19N3O3. The molecule has 2 aromatic heterocycles. The number of aromatic nitrogens is 2. The van der Waals surface area contributed by atoms with Gasteiger partial charge >= 0.3 is 5.97 Å². The van der Waals surface area contributed by atoms with E-state index >= 15 is 0 Å². The maximum Gasteiger partial charge on any atom is 0.340 e. The average Bonchev–Trinajstić information content (AvgIpc) is 2.81. The summed E-state index contributed by atoms with van der Waals surface area (Å²) in [6.45, 7) is 1.46. The number of aryl methyl sites for hydroxylation is 1. The molecule has 0 saturated heterocycles. The van der Waals surface area contributed by atoms with E-state index in [9.17, 15) is 4.79 Å². The van der Waals surface area contributed by atoms with Crippen LogP contribution in [0.25, 0.3) is 10.9 Å². The van der Waals surface area contributed by atoms with Crippen LogP contribution in [-0.4, -0.2) is 42.9 Å². The number of carbonyl (C=O) groups is 1. The molecule has 6 nitrogen and oxygen atoms in total. The van der Waals surface area contributed by atoms with Crippen molar-refractivity contribution in [2.45, 2.75) is 6.42 Å². The summed E-state index contributed by atoms with van der Waals surface area (Å²) in [5, 5.41) is 4.11. The highest BCUT2D eigenvalue weighted by Crippen LogP contribution is 2.26. The van der Waals surface area contributed by atoms with Gasteiger partial charge in [-0.3, -0.25) is 0 Å². The predicted octanol–water partition coefficient (Wildman–Crippen LogP) is 1.81. The van der Waals surface area contributed by atoms with Crippen molar-refractivity contribution in [2.75, 3.05) is 32.7 Å². The van der Waals surface area contributed by atoms with Crippen LogP contribution in [0.4, 0.5) is 5.82 Å². The number of esters is 1. The number of nitrogens with one attached hydrogen (secondary N) is 1. The highest BCUT2D eigenvalue weighted by atomic mass is 16.5. The zero-order valence-electron chi connectivity index (χ0n) is 12.0. The Labute approximate surface area is 117 Å². The first kappa shape index (κ1) is 14.3. The second-order valence-corrected chi connectivity index (χ2v) is 4.47. The van der Waals surface area contributed by atoms with Crippen LogP contribution < -0.4 is 5.32 Å². The molecule has 2 heterocycles. The van der Waals surface area contributed by atoms with Gasteiger partial charge in [0.2, 0.25) is 0 Å². The third kappa shape index (κ3) is 2.75. The van der Waals surface area contributed by atoms with Crippen LogP contribution in [0.5, 0.6) is 0 Å². The van der Waals surface area contributed by atoms with E-state index in [4.69, 9.17) is 9.47 Å². The van der Waals surface area contributed by atoms with Gasteiger partial charge in [-0.15, -0.1) is 0 Å². The molecule has 0 aliphatic heterocycles. The summed E-state index contributed by atoms with van der Waals surface area (Å²) < 4.78 is 11.7. The van der Waals surface area contributed by atoms with E-state index in [1.54, 1.807) is 19.5 Å². The fraction of sp³-hybridized carbons (Fsp3) is 0.429. The predicted molar refractivity (Wildman–Crippen MR) is 77.0 cm³/mol. The van der Waals surface area contributed by atoms with Crippen LogP contribution in [0.3, 0.4) is 0 Å². The fourth-order valence-electron chi connectivity index (χ4n) is 2.18. The molecule has 0 bridgehead atoms. The van der Waals surface area contributed by atoms with Crippen molar-refractivity contribution >= 4 is 22.7 Å². The van der Waals surface area contributed by atoms with Crippen molar-refractivity contribution in [2.24, 2.45) is 7.05 Å². The molecule has 108 valence electrons. The van der Waals surface area contributed by atoms with Gasteiger partial charge in [-0.25, -0.2) is 9.78 Å². The molecule has 0 unspecified atom stereocenters. The Bertz CT molecular complexity index is 607.